The van der Waals surface area contributed by atoms with E-state index < -0.39 is 10.0 Å². The Morgan fingerprint density at radius 3 is 2.71 bits per heavy atom. The Morgan fingerprint density at radius 1 is 1.25 bits per heavy atom. The van der Waals surface area contributed by atoms with Crippen molar-refractivity contribution in [2.75, 3.05) is 13.1 Å². The number of aryl methyl sites for hydroxylation is 3. The number of aromatic nitrogens is 2. The van der Waals surface area contributed by atoms with E-state index in [2.05, 4.69) is 9.97 Å². The molecule has 0 saturated carbocycles. The SMILES string of the molecule is Cc1cc(OC2CCCN(S(=O)(=O)c3ccc(C)s3)C2)nc(C)n1. The molecular weight excluding hydrogens is 346 g/mol. The van der Waals surface area contributed by atoms with Crippen LogP contribution in [0.3, 0.4) is 0 Å². The van der Waals surface area contributed by atoms with Crippen LogP contribution in [0, 0.1) is 20.8 Å². The molecule has 1 saturated heterocycles. The zero-order valence-electron chi connectivity index (χ0n) is 14.0. The summed E-state index contributed by atoms with van der Waals surface area (Å²) in [6.07, 6.45) is 1.40. The van der Waals surface area contributed by atoms with Crippen molar-refractivity contribution >= 4 is 21.4 Å². The monoisotopic (exact) mass is 367 g/mol. The molecule has 130 valence electrons. The molecule has 0 radical (unpaired) electrons. The quantitative estimate of drug-likeness (QED) is 0.831. The molecule has 0 amide bonds. The van der Waals surface area contributed by atoms with Crippen LogP contribution in [-0.4, -0.2) is 41.9 Å². The molecule has 0 N–H and O–H groups in total. The van der Waals surface area contributed by atoms with Crippen LogP contribution in [0.2, 0.25) is 0 Å². The van der Waals surface area contributed by atoms with Gasteiger partial charge in [-0.2, -0.15) is 9.29 Å². The van der Waals surface area contributed by atoms with Gasteiger partial charge in [0.25, 0.3) is 10.0 Å². The Labute approximate surface area is 146 Å². The summed E-state index contributed by atoms with van der Waals surface area (Å²) in [5, 5.41) is 0. The summed E-state index contributed by atoms with van der Waals surface area (Å²) in [7, 11) is -3.44. The molecule has 0 spiro atoms. The maximum absolute atomic E-state index is 12.8. The fraction of sp³-hybridized carbons (Fsp3) is 0.500. The van der Waals surface area contributed by atoms with E-state index in [-0.39, 0.29) is 6.10 Å². The highest BCUT2D eigenvalue weighted by Crippen LogP contribution is 2.27. The molecule has 0 aliphatic carbocycles. The number of hydrogen-bond acceptors (Lipinski definition) is 6. The van der Waals surface area contributed by atoms with Gasteiger partial charge in [-0.25, -0.2) is 13.4 Å². The zero-order chi connectivity index (χ0) is 17.3. The van der Waals surface area contributed by atoms with Gasteiger partial charge in [0, 0.05) is 23.2 Å². The van der Waals surface area contributed by atoms with Crippen LogP contribution < -0.4 is 4.74 Å². The number of sulfonamides is 1. The molecule has 3 rings (SSSR count). The van der Waals surface area contributed by atoms with Crippen molar-refractivity contribution in [1.29, 1.82) is 0 Å². The van der Waals surface area contributed by atoms with Gasteiger partial charge in [0.2, 0.25) is 5.88 Å². The third-order valence-corrected chi connectivity index (χ3v) is 7.21. The summed E-state index contributed by atoms with van der Waals surface area (Å²) in [6, 6.07) is 5.29. The van der Waals surface area contributed by atoms with E-state index in [0.717, 1.165) is 23.4 Å². The minimum absolute atomic E-state index is 0.191. The number of piperidine rings is 1. The number of thiophene rings is 1. The van der Waals surface area contributed by atoms with Crippen molar-refractivity contribution in [2.24, 2.45) is 0 Å². The van der Waals surface area contributed by atoms with Gasteiger partial charge in [0.15, 0.2) is 0 Å². The maximum atomic E-state index is 12.8. The van der Waals surface area contributed by atoms with E-state index in [1.807, 2.05) is 26.8 Å². The number of rotatable bonds is 4. The van der Waals surface area contributed by atoms with E-state index in [1.165, 1.54) is 15.6 Å². The second-order valence-electron chi connectivity index (χ2n) is 6.00. The van der Waals surface area contributed by atoms with Crippen LogP contribution in [-0.2, 0) is 10.0 Å². The molecule has 0 aromatic carbocycles. The van der Waals surface area contributed by atoms with Crippen LogP contribution in [0.15, 0.2) is 22.4 Å². The van der Waals surface area contributed by atoms with Crippen LogP contribution in [0.25, 0.3) is 0 Å². The Hall–Kier alpha value is -1.51. The number of nitrogens with zero attached hydrogens (tertiary/aromatic N) is 3. The van der Waals surface area contributed by atoms with Gasteiger partial charge in [-0.05, 0) is 45.7 Å². The predicted octanol–water partition coefficient (Wildman–Crippen LogP) is 2.70. The molecule has 24 heavy (non-hydrogen) atoms. The molecule has 3 heterocycles. The first-order valence-electron chi connectivity index (χ1n) is 7.90. The summed E-state index contributed by atoms with van der Waals surface area (Å²) in [6.45, 7) is 6.49. The van der Waals surface area contributed by atoms with Crippen molar-refractivity contribution in [2.45, 2.75) is 43.9 Å². The van der Waals surface area contributed by atoms with Crippen LogP contribution in [0.1, 0.15) is 29.2 Å². The predicted molar refractivity (Wildman–Crippen MR) is 93.0 cm³/mol. The Balaban J connectivity index is 1.74. The van der Waals surface area contributed by atoms with E-state index in [4.69, 9.17) is 4.74 Å². The fourth-order valence-corrected chi connectivity index (χ4v) is 5.76. The Kier molecular flexibility index (Phi) is 4.89. The fourth-order valence-electron chi connectivity index (χ4n) is 2.81. The molecule has 2 aromatic rings. The van der Waals surface area contributed by atoms with Gasteiger partial charge in [-0.1, -0.05) is 0 Å². The molecular formula is C16H21N3O3S2. The molecule has 1 aliphatic heterocycles. The highest BCUT2D eigenvalue weighted by molar-refractivity contribution is 7.91. The van der Waals surface area contributed by atoms with Crippen LogP contribution in [0.4, 0.5) is 0 Å². The molecule has 1 aliphatic rings. The molecule has 0 bridgehead atoms. The molecule has 2 aromatic heterocycles. The van der Waals surface area contributed by atoms with E-state index in [9.17, 15) is 8.42 Å². The minimum Gasteiger partial charge on any atom is -0.473 e. The lowest BCUT2D eigenvalue weighted by molar-refractivity contribution is 0.124. The van der Waals surface area contributed by atoms with Crippen molar-refractivity contribution in [3.63, 3.8) is 0 Å². The van der Waals surface area contributed by atoms with Gasteiger partial charge >= 0.3 is 0 Å². The average molecular weight is 367 g/mol. The molecule has 1 unspecified atom stereocenters. The van der Waals surface area contributed by atoms with Gasteiger partial charge in [0.05, 0.1) is 6.54 Å². The van der Waals surface area contributed by atoms with Crippen molar-refractivity contribution < 1.29 is 13.2 Å². The summed E-state index contributed by atoms with van der Waals surface area (Å²) in [5.41, 5.74) is 0.840. The largest absolute Gasteiger partial charge is 0.473 e. The first-order valence-corrected chi connectivity index (χ1v) is 10.2. The van der Waals surface area contributed by atoms with E-state index in [1.54, 1.807) is 12.1 Å². The van der Waals surface area contributed by atoms with Gasteiger partial charge < -0.3 is 4.74 Å². The highest BCUT2D eigenvalue weighted by Gasteiger charge is 2.32. The second-order valence-corrected chi connectivity index (χ2v) is 9.46. The third-order valence-electron chi connectivity index (χ3n) is 3.88. The van der Waals surface area contributed by atoms with Crippen LogP contribution >= 0.6 is 11.3 Å². The lowest BCUT2D eigenvalue weighted by Gasteiger charge is -2.31. The second kappa shape index (κ2) is 6.78. The normalized spacial score (nSPS) is 19.4. The Bertz CT molecular complexity index is 813. The van der Waals surface area contributed by atoms with E-state index in [0.29, 0.717) is 29.0 Å². The summed E-state index contributed by atoms with van der Waals surface area (Å²) >= 11 is 1.31. The van der Waals surface area contributed by atoms with Gasteiger partial charge in [-0.15, -0.1) is 11.3 Å². The minimum atomic E-state index is -3.44. The number of hydrogen-bond donors (Lipinski definition) is 0. The average Bonchev–Trinajstić information content (AvgIpc) is 2.94. The molecule has 1 fully saturated rings. The smallest absolute Gasteiger partial charge is 0.252 e. The first-order chi connectivity index (χ1) is 11.3. The van der Waals surface area contributed by atoms with Crippen molar-refractivity contribution in [1.82, 2.24) is 14.3 Å². The van der Waals surface area contributed by atoms with Crippen LogP contribution in [0.5, 0.6) is 5.88 Å². The zero-order valence-corrected chi connectivity index (χ0v) is 15.7. The van der Waals surface area contributed by atoms with E-state index >= 15 is 0 Å². The lowest BCUT2D eigenvalue weighted by Crippen LogP contribution is -2.44. The Morgan fingerprint density at radius 2 is 2.04 bits per heavy atom. The topological polar surface area (TPSA) is 72.4 Å². The standard InChI is InChI=1S/C16H21N3O3S2/c1-11-9-15(18-13(3)17-11)22-14-5-4-8-19(10-14)24(20,21)16-7-6-12(2)23-16/h6-7,9,14H,4-5,8,10H2,1-3H3. The van der Waals surface area contributed by atoms with Crippen molar-refractivity contribution in [3.05, 3.63) is 34.6 Å². The van der Waals surface area contributed by atoms with Gasteiger partial charge in [0.1, 0.15) is 16.1 Å². The molecule has 8 heteroatoms. The highest BCUT2D eigenvalue weighted by atomic mass is 32.2. The first kappa shape index (κ1) is 17.3. The lowest BCUT2D eigenvalue weighted by atomic mass is 10.1. The molecule has 6 nitrogen and oxygen atoms in total. The summed E-state index contributed by atoms with van der Waals surface area (Å²) in [5.74, 6) is 1.16. The van der Waals surface area contributed by atoms with Gasteiger partial charge in [-0.3, -0.25) is 0 Å². The maximum Gasteiger partial charge on any atom is 0.252 e. The third kappa shape index (κ3) is 3.76. The summed E-state index contributed by atoms with van der Waals surface area (Å²) in [4.78, 5) is 9.50. The summed E-state index contributed by atoms with van der Waals surface area (Å²) < 4.78 is 33.4. The van der Waals surface area contributed by atoms with Crippen molar-refractivity contribution in [3.8, 4) is 5.88 Å². The molecule has 1 atom stereocenters. The number of ether oxygens (including phenoxy) is 1.